The lowest BCUT2D eigenvalue weighted by molar-refractivity contribution is -0.137. The van der Waals surface area contributed by atoms with Gasteiger partial charge >= 0.3 is 5.97 Å². The summed E-state index contributed by atoms with van der Waals surface area (Å²) >= 11 is 0. The number of piperidine rings is 1. The molecule has 19 heavy (non-hydrogen) atoms. The number of nitrogens with one attached hydrogen (secondary N) is 1. The predicted octanol–water partition coefficient (Wildman–Crippen LogP) is 0.326. The van der Waals surface area contributed by atoms with Crippen LogP contribution in [0.5, 0.6) is 0 Å². The number of hydrogen-bond donors (Lipinski definition) is 2. The highest BCUT2D eigenvalue weighted by Gasteiger charge is 2.21. The van der Waals surface area contributed by atoms with Gasteiger partial charge in [0.25, 0.3) is 0 Å². The van der Waals surface area contributed by atoms with E-state index in [9.17, 15) is 9.59 Å². The highest BCUT2D eigenvalue weighted by molar-refractivity contribution is 5.78. The lowest BCUT2D eigenvalue weighted by atomic mass is 9.93. The number of aliphatic carboxylic acids is 1. The third-order valence-corrected chi connectivity index (χ3v) is 3.37. The molecule has 1 rings (SSSR count). The Morgan fingerprint density at radius 1 is 1.47 bits per heavy atom. The Bertz CT molecular complexity index is 296. The van der Waals surface area contributed by atoms with Gasteiger partial charge in [-0.2, -0.15) is 0 Å². The number of carbonyl (C=O) groups excluding carboxylic acids is 1. The molecule has 2 N–H and O–H groups in total. The van der Waals surface area contributed by atoms with Crippen molar-refractivity contribution in [3.8, 4) is 0 Å². The standard InChI is InChI=1S/C13H24N2O4/c1-19-8-6-14-12(16)10-15-7-2-3-11(9-15)4-5-13(17)18/h11H,2-10H2,1H3,(H,14,16)(H,17,18). The number of methoxy groups -OCH3 is 1. The summed E-state index contributed by atoms with van der Waals surface area (Å²) in [5.41, 5.74) is 0. The predicted molar refractivity (Wildman–Crippen MR) is 70.9 cm³/mol. The molecule has 110 valence electrons. The van der Waals surface area contributed by atoms with Crippen LogP contribution in [0.3, 0.4) is 0 Å². The topological polar surface area (TPSA) is 78.9 Å². The molecule has 1 aliphatic heterocycles. The first-order valence-electron chi connectivity index (χ1n) is 6.81. The summed E-state index contributed by atoms with van der Waals surface area (Å²) in [6.45, 7) is 3.19. The first-order chi connectivity index (χ1) is 9.11. The molecule has 6 heteroatoms. The number of likely N-dealkylation sites (tertiary alicyclic amines) is 1. The molecule has 0 radical (unpaired) electrons. The fraction of sp³-hybridized carbons (Fsp3) is 0.846. The maximum atomic E-state index is 11.7. The normalized spacial score (nSPS) is 20.2. The van der Waals surface area contributed by atoms with Gasteiger partial charge in [-0.15, -0.1) is 0 Å². The molecule has 0 saturated carbocycles. The second-order valence-electron chi connectivity index (χ2n) is 5.02. The van der Waals surface area contributed by atoms with Crippen molar-refractivity contribution < 1.29 is 19.4 Å². The third-order valence-electron chi connectivity index (χ3n) is 3.37. The van der Waals surface area contributed by atoms with Crippen molar-refractivity contribution in [1.82, 2.24) is 10.2 Å². The fourth-order valence-corrected chi connectivity index (χ4v) is 2.41. The summed E-state index contributed by atoms with van der Waals surface area (Å²) < 4.78 is 4.87. The van der Waals surface area contributed by atoms with Crippen LogP contribution in [0.15, 0.2) is 0 Å². The van der Waals surface area contributed by atoms with Crippen molar-refractivity contribution in [3.05, 3.63) is 0 Å². The quantitative estimate of drug-likeness (QED) is 0.622. The highest BCUT2D eigenvalue weighted by Crippen LogP contribution is 2.20. The number of carboxylic acids is 1. The van der Waals surface area contributed by atoms with Crippen LogP contribution in [-0.4, -0.2) is 61.8 Å². The summed E-state index contributed by atoms with van der Waals surface area (Å²) in [6, 6.07) is 0. The van der Waals surface area contributed by atoms with Gasteiger partial charge in [0, 0.05) is 26.6 Å². The maximum Gasteiger partial charge on any atom is 0.303 e. The van der Waals surface area contributed by atoms with E-state index in [1.165, 1.54) is 0 Å². The van der Waals surface area contributed by atoms with Gasteiger partial charge in [0.1, 0.15) is 0 Å². The zero-order chi connectivity index (χ0) is 14.1. The molecule has 1 unspecified atom stereocenters. The number of carboxylic acid groups (broad SMARTS) is 1. The molecule has 0 aromatic rings. The number of hydrogen-bond acceptors (Lipinski definition) is 4. The van der Waals surface area contributed by atoms with Gasteiger partial charge in [-0.25, -0.2) is 0 Å². The van der Waals surface area contributed by atoms with Crippen LogP contribution in [0.25, 0.3) is 0 Å². The number of nitrogens with zero attached hydrogens (tertiary/aromatic N) is 1. The Labute approximate surface area is 114 Å². The van der Waals surface area contributed by atoms with E-state index < -0.39 is 5.97 Å². The maximum absolute atomic E-state index is 11.7. The van der Waals surface area contributed by atoms with Crippen LogP contribution < -0.4 is 5.32 Å². The Kier molecular flexibility index (Phi) is 7.43. The molecular formula is C13H24N2O4. The van der Waals surface area contributed by atoms with Crippen LogP contribution in [0.2, 0.25) is 0 Å². The minimum Gasteiger partial charge on any atom is -0.481 e. The summed E-state index contributed by atoms with van der Waals surface area (Å²) in [5.74, 6) is -0.331. The minimum absolute atomic E-state index is 0.0101. The molecule has 1 atom stereocenters. The molecule has 6 nitrogen and oxygen atoms in total. The van der Waals surface area contributed by atoms with Crippen molar-refractivity contribution in [2.24, 2.45) is 5.92 Å². The monoisotopic (exact) mass is 272 g/mol. The van der Waals surface area contributed by atoms with Gasteiger partial charge in [0.05, 0.1) is 13.2 Å². The number of carbonyl (C=O) groups is 2. The average Bonchev–Trinajstić information content (AvgIpc) is 2.37. The molecule has 1 aliphatic rings. The SMILES string of the molecule is COCCNC(=O)CN1CCCC(CCC(=O)O)C1. The largest absolute Gasteiger partial charge is 0.481 e. The molecule has 1 heterocycles. The smallest absolute Gasteiger partial charge is 0.303 e. The molecule has 0 aliphatic carbocycles. The Morgan fingerprint density at radius 3 is 2.95 bits per heavy atom. The number of ether oxygens (including phenoxy) is 1. The van der Waals surface area contributed by atoms with Crippen molar-refractivity contribution in [2.45, 2.75) is 25.7 Å². The fourth-order valence-electron chi connectivity index (χ4n) is 2.41. The Balaban J connectivity index is 2.22. The van der Waals surface area contributed by atoms with Crippen molar-refractivity contribution in [1.29, 1.82) is 0 Å². The van der Waals surface area contributed by atoms with Crippen LogP contribution >= 0.6 is 0 Å². The van der Waals surface area contributed by atoms with Gasteiger partial charge in [-0.05, 0) is 31.7 Å². The summed E-state index contributed by atoms with van der Waals surface area (Å²) in [7, 11) is 1.60. The molecule has 0 aromatic carbocycles. The van der Waals surface area contributed by atoms with Crippen LogP contribution in [0.1, 0.15) is 25.7 Å². The third kappa shape index (κ3) is 7.12. The zero-order valence-corrected chi connectivity index (χ0v) is 11.6. The molecule has 1 fully saturated rings. The van der Waals surface area contributed by atoms with Gasteiger partial charge in [0.2, 0.25) is 5.91 Å². The van der Waals surface area contributed by atoms with Crippen LogP contribution in [0.4, 0.5) is 0 Å². The molecule has 0 aromatic heterocycles. The lowest BCUT2D eigenvalue weighted by Crippen LogP contribution is -2.43. The van der Waals surface area contributed by atoms with Gasteiger partial charge in [-0.1, -0.05) is 0 Å². The molecular weight excluding hydrogens is 248 g/mol. The number of rotatable bonds is 8. The second-order valence-corrected chi connectivity index (χ2v) is 5.02. The van der Waals surface area contributed by atoms with E-state index in [-0.39, 0.29) is 12.3 Å². The van der Waals surface area contributed by atoms with E-state index in [1.54, 1.807) is 7.11 Å². The van der Waals surface area contributed by atoms with E-state index in [4.69, 9.17) is 9.84 Å². The van der Waals surface area contributed by atoms with Gasteiger partial charge < -0.3 is 15.2 Å². The first kappa shape index (κ1) is 15.9. The minimum atomic E-state index is -0.741. The van der Waals surface area contributed by atoms with Gasteiger partial charge in [-0.3, -0.25) is 14.5 Å². The summed E-state index contributed by atoms with van der Waals surface area (Å²) in [6.07, 6.45) is 3.03. The summed E-state index contributed by atoms with van der Waals surface area (Å²) in [4.78, 5) is 24.3. The van der Waals surface area contributed by atoms with E-state index in [1.807, 2.05) is 0 Å². The lowest BCUT2D eigenvalue weighted by Gasteiger charge is -2.32. The van der Waals surface area contributed by atoms with E-state index >= 15 is 0 Å². The highest BCUT2D eigenvalue weighted by atomic mass is 16.5. The Hall–Kier alpha value is -1.14. The van der Waals surface area contributed by atoms with E-state index in [0.717, 1.165) is 25.9 Å². The van der Waals surface area contributed by atoms with Crippen LogP contribution in [-0.2, 0) is 14.3 Å². The van der Waals surface area contributed by atoms with Gasteiger partial charge in [0.15, 0.2) is 0 Å². The zero-order valence-electron chi connectivity index (χ0n) is 11.6. The van der Waals surface area contributed by atoms with Crippen molar-refractivity contribution >= 4 is 11.9 Å². The number of amides is 1. The second kappa shape index (κ2) is 8.87. The van der Waals surface area contributed by atoms with E-state index in [0.29, 0.717) is 32.0 Å². The summed E-state index contributed by atoms with van der Waals surface area (Å²) in [5, 5.41) is 11.5. The Morgan fingerprint density at radius 2 is 2.26 bits per heavy atom. The van der Waals surface area contributed by atoms with Crippen molar-refractivity contribution in [2.75, 3.05) is 39.9 Å². The van der Waals surface area contributed by atoms with E-state index in [2.05, 4.69) is 10.2 Å². The molecule has 1 amide bonds. The first-order valence-corrected chi connectivity index (χ1v) is 6.81. The molecule has 0 spiro atoms. The molecule has 0 bridgehead atoms. The van der Waals surface area contributed by atoms with Crippen LogP contribution in [0, 0.1) is 5.92 Å². The average molecular weight is 272 g/mol. The molecule has 1 saturated heterocycles. The van der Waals surface area contributed by atoms with Crippen molar-refractivity contribution in [3.63, 3.8) is 0 Å².